The third-order valence-corrected chi connectivity index (χ3v) is 5.88. The van der Waals surface area contributed by atoms with Crippen molar-refractivity contribution in [2.45, 2.75) is 38.5 Å². The molecule has 1 aliphatic rings. The lowest BCUT2D eigenvalue weighted by Gasteiger charge is -2.24. The van der Waals surface area contributed by atoms with Crippen molar-refractivity contribution in [1.29, 1.82) is 0 Å². The topological polar surface area (TPSA) is 88.6 Å². The summed E-state index contributed by atoms with van der Waals surface area (Å²) in [6, 6.07) is 16.6. The maximum Gasteiger partial charge on any atom is 0.267 e. The van der Waals surface area contributed by atoms with Crippen molar-refractivity contribution >= 4 is 22.9 Å². The lowest BCUT2D eigenvalue weighted by atomic mass is 10.00. The maximum absolute atomic E-state index is 11.1. The van der Waals surface area contributed by atoms with Gasteiger partial charge in [0.05, 0.1) is 6.10 Å². The van der Waals surface area contributed by atoms with E-state index in [0.29, 0.717) is 6.54 Å². The van der Waals surface area contributed by atoms with Gasteiger partial charge < -0.3 is 10.1 Å². The number of aliphatic hydroxyl groups excluding tert-OH is 1. The number of rotatable bonds is 6. The molecule has 6 nitrogen and oxygen atoms in total. The van der Waals surface area contributed by atoms with E-state index in [1.807, 2.05) is 30.3 Å². The quantitative estimate of drug-likeness (QED) is 0.288. The van der Waals surface area contributed by atoms with Crippen molar-refractivity contribution in [3.8, 4) is 0 Å². The number of amides is 1. The molecule has 6 heteroatoms. The number of β-amino-alcohol motifs (C(OH)–C–C–N with tert-alkyl or cyclic N) is 1. The van der Waals surface area contributed by atoms with E-state index in [0.717, 1.165) is 36.0 Å². The molecule has 1 amide bonds. The Morgan fingerprint density at radius 2 is 2.00 bits per heavy atom. The Labute approximate surface area is 175 Å². The van der Waals surface area contributed by atoms with Gasteiger partial charge in [0, 0.05) is 41.8 Å². The number of hydrogen-bond donors (Lipinski definition) is 4. The summed E-state index contributed by atoms with van der Waals surface area (Å²) >= 11 is 0. The van der Waals surface area contributed by atoms with E-state index in [2.05, 4.69) is 35.0 Å². The second-order valence-electron chi connectivity index (χ2n) is 8.00. The summed E-state index contributed by atoms with van der Waals surface area (Å²) in [6.07, 6.45) is 4.31. The van der Waals surface area contributed by atoms with Gasteiger partial charge in [-0.3, -0.25) is 14.9 Å². The zero-order chi connectivity index (χ0) is 21.1. The fourth-order valence-corrected chi connectivity index (χ4v) is 4.37. The highest BCUT2D eigenvalue weighted by Crippen LogP contribution is 2.29. The number of aromatic amines is 1. The van der Waals surface area contributed by atoms with Gasteiger partial charge in [0.15, 0.2) is 0 Å². The van der Waals surface area contributed by atoms with Crippen LogP contribution in [0.25, 0.3) is 17.0 Å². The van der Waals surface area contributed by atoms with Gasteiger partial charge in [0.1, 0.15) is 0 Å². The molecule has 0 radical (unpaired) electrons. The molecule has 2 heterocycles. The predicted octanol–water partition coefficient (Wildman–Crippen LogP) is 3.17. The van der Waals surface area contributed by atoms with Crippen LogP contribution in [0.2, 0.25) is 0 Å². The Morgan fingerprint density at radius 1 is 1.23 bits per heavy atom. The van der Waals surface area contributed by atoms with Crippen molar-refractivity contribution in [1.82, 2.24) is 15.4 Å². The third kappa shape index (κ3) is 4.46. The first kappa shape index (κ1) is 20.3. The number of hydroxylamine groups is 1. The summed E-state index contributed by atoms with van der Waals surface area (Å²) in [5.74, 6) is -0.555. The number of fused-ring (bicyclic) bond motifs is 1. The zero-order valence-electron chi connectivity index (χ0n) is 17.0. The third-order valence-electron chi connectivity index (χ3n) is 5.88. The number of benzene rings is 2. The second-order valence-corrected chi connectivity index (χ2v) is 8.00. The van der Waals surface area contributed by atoms with Crippen LogP contribution in [0.15, 0.2) is 54.6 Å². The van der Waals surface area contributed by atoms with E-state index in [1.165, 1.54) is 22.7 Å². The number of hydrogen-bond acceptors (Lipinski definition) is 4. The number of aryl methyl sites for hydroxylation is 1. The number of carbonyl (C=O) groups excluding carboxylic acids is 1. The smallest absolute Gasteiger partial charge is 0.267 e. The number of carbonyl (C=O) groups is 1. The van der Waals surface area contributed by atoms with Gasteiger partial charge in [0.2, 0.25) is 0 Å². The summed E-state index contributed by atoms with van der Waals surface area (Å²) < 4.78 is 0. The summed E-state index contributed by atoms with van der Waals surface area (Å²) in [7, 11) is 0. The van der Waals surface area contributed by atoms with E-state index >= 15 is 0 Å². The molecule has 1 saturated heterocycles. The molecule has 3 aromatic rings. The average Bonchev–Trinajstić information content (AvgIpc) is 3.26. The van der Waals surface area contributed by atoms with Crippen molar-refractivity contribution in [2.75, 3.05) is 6.54 Å². The largest absolute Gasteiger partial charge is 0.392 e. The Kier molecular flexibility index (Phi) is 5.99. The highest BCUT2D eigenvalue weighted by molar-refractivity contribution is 5.90. The van der Waals surface area contributed by atoms with Gasteiger partial charge in [-0.25, -0.2) is 5.48 Å². The molecule has 1 aromatic heterocycles. The molecule has 1 aliphatic heterocycles. The summed E-state index contributed by atoms with van der Waals surface area (Å²) in [5, 5.41) is 20.1. The number of para-hydroxylation sites is 1. The maximum atomic E-state index is 11.1. The van der Waals surface area contributed by atoms with E-state index in [-0.39, 0.29) is 12.1 Å². The van der Waals surface area contributed by atoms with Crippen molar-refractivity contribution in [3.05, 3.63) is 77.0 Å². The second kappa shape index (κ2) is 8.83. The first-order valence-electron chi connectivity index (χ1n) is 10.2. The molecule has 0 bridgehead atoms. The molecule has 156 valence electrons. The summed E-state index contributed by atoms with van der Waals surface area (Å²) in [6.45, 7) is 3.56. The molecular weight excluding hydrogens is 378 g/mol. The van der Waals surface area contributed by atoms with Crippen molar-refractivity contribution in [3.63, 3.8) is 0 Å². The van der Waals surface area contributed by atoms with Crippen LogP contribution in [-0.4, -0.2) is 44.8 Å². The normalized spacial score (nSPS) is 19.7. The molecule has 30 heavy (non-hydrogen) atoms. The monoisotopic (exact) mass is 405 g/mol. The molecule has 0 saturated carbocycles. The number of nitrogens with one attached hydrogen (secondary N) is 2. The minimum absolute atomic E-state index is 0.283. The lowest BCUT2D eigenvalue weighted by molar-refractivity contribution is -0.124. The van der Waals surface area contributed by atoms with Crippen LogP contribution >= 0.6 is 0 Å². The van der Waals surface area contributed by atoms with Crippen molar-refractivity contribution in [2.24, 2.45) is 0 Å². The van der Waals surface area contributed by atoms with Gasteiger partial charge in [-0.1, -0.05) is 42.5 Å². The minimum atomic E-state index is -0.555. The Hall–Kier alpha value is -2.93. The molecule has 1 fully saturated rings. The Bertz CT molecular complexity index is 1060. The first-order chi connectivity index (χ1) is 14.5. The molecule has 2 aromatic carbocycles. The predicted molar refractivity (Wildman–Crippen MR) is 117 cm³/mol. The van der Waals surface area contributed by atoms with Crippen LogP contribution in [-0.2, 0) is 17.8 Å². The number of nitrogens with zero attached hydrogens (tertiary/aromatic N) is 1. The van der Waals surface area contributed by atoms with E-state index < -0.39 is 5.91 Å². The summed E-state index contributed by atoms with van der Waals surface area (Å²) in [5.41, 5.74) is 7.31. The Morgan fingerprint density at radius 3 is 2.77 bits per heavy atom. The summed E-state index contributed by atoms with van der Waals surface area (Å²) in [4.78, 5) is 16.9. The molecule has 4 rings (SSSR count). The fraction of sp³-hybridized carbons (Fsp3) is 0.292. The lowest BCUT2D eigenvalue weighted by Crippen LogP contribution is -2.31. The minimum Gasteiger partial charge on any atom is -0.392 e. The zero-order valence-corrected chi connectivity index (χ0v) is 17.0. The number of likely N-dealkylation sites (tertiary alicyclic amines) is 1. The van der Waals surface area contributed by atoms with E-state index in [9.17, 15) is 9.90 Å². The Balaban J connectivity index is 1.47. The fourth-order valence-electron chi connectivity index (χ4n) is 4.37. The van der Waals surface area contributed by atoms with Gasteiger partial charge in [-0.2, -0.15) is 0 Å². The van der Waals surface area contributed by atoms with Crippen LogP contribution in [0.4, 0.5) is 0 Å². The van der Waals surface area contributed by atoms with Crippen LogP contribution in [0, 0.1) is 6.92 Å². The standard InChI is InChI=1S/C24H27N3O3/c1-16-22(21-4-2-3-5-23(21)25-16)13-19-12-20(28)15-27(19)14-18-8-6-17(7-9-18)10-11-24(29)26-30/h2-11,19-20,25,28,30H,12-15H2,1H3,(H,26,29). The van der Waals surface area contributed by atoms with Gasteiger partial charge >= 0.3 is 0 Å². The molecule has 2 atom stereocenters. The van der Waals surface area contributed by atoms with E-state index in [4.69, 9.17) is 5.21 Å². The average molecular weight is 405 g/mol. The van der Waals surface area contributed by atoms with E-state index in [1.54, 1.807) is 11.6 Å². The number of H-pyrrole nitrogens is 1. The highest BCUT2D eigenvalue weighted by atomic mass is 16.5. The van der Waals surface area contributed by atoms with Gasteiger partial charge in [-0.05, 0) is 48.6 Å². The van der Waals surface area contributed by atoms with Gasteiger partial charge in [0.25, 0.3) is 5.91 Å². The SMILES string of the molecule is Cc1[nH]c2ccccc2c1CC1CC(O)CN1Cc1ccc(C=CC(=O)NO)cc1. The molecule has 0 aliphatic carbocycles. The van der Waals surface area contributed by atoms with Crippen LogP contribution in [0.3, 0.4) is 0 Å². The molecular formula is C24H27N3O3. The number of aliphatic hydroxyl groups is 1. The van der Waals surface area contributed by atoms with Crippen LogP contribution in [0.1, 0.15) is 28.8 Å². The molecule has 4 N–H and O–H groups in total. The van der Waals surface area contributed by atoms with Crippen LogP contribution < -0.4 is 5.48 Å². The van der Waals surface area contributed by atoms with Gasteiger partial charge in [-0.15, -0.1) is 0 Å². The number of aromatic nitrogens is 1. The molecule has 2 unspecified atom stereocenters. The van der Waals surface area contributed by atoms with Crippen molar-refractivity contribution < 1.29 is 15.1 Å². The first-order valence-corrected chi connectivity index (χ1v) is 10.2. The molecule has 0 spiro atoms. The highest BCUT2D eigenvalue weighted by Gasteiger charge is 2.31. The van der Waals surface area contributed by atoms with Crippen LogP contribution in [0.5, 0.6) is 0 Å².